The molecule has 1 atom stereocenters. The van der Waals surface area contributed by atoms with Crippen molar-refractivity contribution in [2.24, 2.45) is 0 Å². The zero-order valence-corrected chi connectivity index (χ0v) is 13.1. The van der Waals surface area contributed by atoms with Crippen LogP contribution in [0, 0.1) is 0 Å². The summed E-state index contributed by atoms with van der Waals surface area (Å²) >= 11 is 0. The number of quaternary nitrogens is 2. The van der Waals surface area contributed by atoms with Gasteiger partial charge in [-0.3, -0.25) is 0 Å². The summed E-state index contributed by atoms with van der Waals surface area (Å²) in [6.45, 7) is 5.06. The van der Waals surface area contributed by atoms with Crippen molar-refractivity contribution in [2.45, 2.75) is 6.04 Å². The molecule has 0 aliphatic carbocycles. The van der Waals surface area contributed by atoms with Crippen molar-refractivity contribution in [1.29, 1.82) is 0 Å². The minimum Gasteiger partial charge on any atom is -0.495 e. The van der Waals surface area contributed by atoms with Gasteiger partial charge in [0.15, 0.2) is 11.8 Å². The van der Waals surface area contributed by atoms with Crippen molar-refractivity contribution >= 4 is 5.69 Å². The first-order valence-corrected chi connectivity index (χ1v) is 7.88. The lowest BCUT2D eigenvalue weighted by molar-refractivity contribution is -0.939. The third kappa shape index (κ3) is 2.96. The van der Waals surface area contributed by atoms with E-state index in [-0.39, 0.29) is 0 Å². The van der Waals surface area contributed by atoms with Crippen LogP contribution in [0.3, 0.4) is 0 Å². The predicted octanol–water partition coefficient (Wildman–Crippen LogP) is -0.0237. The molecule has 1 saturated heterocycles. The van der Waals surface area contributed by atoms with Crippen molar-refractivity contribution in [3.63, 3.8) is 0 Å². The number of anilines is 1. The van der Waals surface area contributed by atoms with Gasteiger partial charge >= 0.3 is 0 Å². The Balaban J connectivity index is 1.67. The Morgan fingerprint density at radius 3 is 2.64 bits per heavy atom. The van der Waals surface area contributed by atoms with Crippen molar-refractivity contribution in [3.8, 4) is 5.75 Å². The van der Waals surface area contributed by atoms with Crippen LogP contribution in [-0.4, -0.2) is 39.8 Å². The number of benzene rings is 1. The lowest BCUT2D eigenvalue weighted by Gasteiger charge is -2.36. The fourth-order valence-electron chi connectivity index (χ4n) is 3.31. The second-order valence-electron chi connectivity index (χ2n) is 5.67. The van der Waals surface area contributed by atoms with E-state index in [0.29, 0.717) is 6.04 Å². The van der Waals surface area contributed by atoms with E-state index in [4.69, 9.17) is 9.15 Å². The molecule has 2 aromatic rings. The summed E-state index contributed by atoms with van der Waals surface area (Å²) in [5.41, 5.74) is 5.30. The minimum absolute atomic E-state index is 0.356. The molecule has 1 aliphatic heterocycles. The van der Waals surface area contributed by atoms with E-state index in [0.717, 1.165) is 44.2 Å². The van der Waals surface area contributed by atoms with E-state index in [1.54, 1.807) is 18.3 Å². The normalized spacial score (nSPS) is 17.5. The molecule has 1 aromatic carbocycles. The fourth-order valence-corrected chi connectivity index (χ4v) is 3.31. The molecule has 0 bridgehead atoms. The first kappa shape index (κ1) is 14.9. The number of hydrogen-bond donors (Lipinski definition) is 2. The van der Waals surface area contributed by atoms with Crippen molar-refractivity contribution in [3.05, 3.63) is 48.4 Å². The fraction of sp³-hybridized carbons (Fsp3) is 0.412. The van der Waals surface area contributed by atoms with Crippen LogP contribution in [0.15, 0.2) is 47.1 Å². The standard InChI is InChI=1S/C17H23N3O2/c1-21-16-6-3-2-5-14(16)19-8-10-20(11-9-19)15(13-18)17-7-4-12-22-17/h2-7,12,15H,8-11,13,18H2,1H3/p+2/t15-/m1/s1. The second-order valence-corrected chi connectivity index (χ2v) is 5.67. The SMILES string of the molecule is COc1ccccc1N1CC[NH+]([C@H](C[NH3+])c2ccco2)CC1. The maximum Gasteiger partial charge on any atom is 0.195 e. The molecule has 1 aromatic heterocycles. The summed E-state index contributed by atoms with van der Waals surface area (Å²) < 4.78 is 11.1. The van der Waals surface area contributed by atoms with Crippen molar-refractivity contribution in [1.82, 2.24) is 0 Å². The number of ether oxygens (including phenoxy) is 1. The average Bonchev–Trinajstić information content (AvgIpc) is 3.10. The lowest BCUT2D eigenvalue weighted by atomic mass is 10.1. The van der Waals surface area contributed by atoms with Crippen LogP contribution in [0.1, 0.15) is 11.8 Å². The molecule has 0 spiro atoms. The molecule has 3 rings (SSSR count). The highest BCUT2D eigenvalue weighted by Gasteiger charge is 2.31. The Labute approximate surface area is 131 Å². The molecule has 1 aliphatic rings. The maximum absolute atomic E-state index is 5.59. The average molecular weight is 303 g/mol. The van der Waals surface area contributed by atoms with Crippen LogP contribution < -0.4 is 20.3 Å². The van der Waals surface area contributed by atoms with Crippen LogP contribution in [0.4, 0.5) is 5.69 Å². The van der Waals surface area contributed by atoms with Gasteiger partial charge in [-0.05, 0) is 24.3 Å². The molecular weight excluding hydrogens is 278 g/mol. The summed E-state index contributed by atoms with van der Waals surface area (Å²) in [6, 6.07) is 12.6. The van der Waals surface area contributed by atoms with Gasteiger partial charge in [-0.1, -0.05) is 12.1 Å². The van der Waals surface area contributed by atoms with Gasteiger partial charge in [-0.2, -0.15) is 0 Å². The maximum atomic E-state index is 5.59. The number of hydrogen-bond acceptors (Lipinski definition) is 3. The quantitative estimate of drug-likeness (QED) is 0.816. The summed E-state index contributed by atoms with van der Waals surface area (Å²) in [6.07, 6.45) is 1.75. The third-order valence-electron chi connectivity index (χ3n) is 4.50. The highest BCUT2D eigenvalue weighted by atomic mass is 16.5. The Kier molecular flexibility index (Phi) is 4.65. The van der Waals surface area contributed by atoms with E-state index in [2.05, 4.69) is 28.8 Å². The third-order valence-corrected chi connectivity index (χ3v) is 4.50. The summed E-state index contributed by atoms with van der Waals surface area (Å²) in [5.74, 6) is 2.00. The molecule has 5 nitrogen and oxygen atoms in total. The van der Waals surface area contributed by atoms with Crippen LogP contribution in [0.2, 0.25) is 0 Å². The molecule has 0 amide bonds. The molecular formula is C17H25N3O2+2. The number of para-hydroxylation sites is 2. The van der Waals surface area contributed by atoms with Crippen LogP contribution in [-0.2, 0) is 0 Å². The first-order valence-electron chi connectivity index (χ1n) is 7.88. The van der Waals surface area contributed by atoms with Gasteiger partial charge in [-0.25, -0.2) is 0 Å². The van der Waals surface area contributed by atoms with Gasteiger partial charge in [0.1, 0.15) is 12.3 Å². The van der Waals surface area contributed by atoms with Gasteiger partial charge in [0.05, 0.1) is 45.2 Å². The number of piperazine rings is 1. The summed E-state index contributed by atoms with van der Waals surface area (Å²) in [5, 5.41) is 0. The van der Waals surface area contributed by atoms with E-state index in [9.17, 15) is 0 Å². The Morgan fingerprint density at radius 2 is 2.00 bits per heavy atom. The molecule has 118 valence electrons. The zero-order valence-electron chi connectivity index (χ0n) is 13.1. The summed E-state index contributed by atoms with van der Waals surface area (Å²) in [7, 11) is 1.73. The topological polar surface area (TPSA) is 57.7 Å². The Morgan fingerprint density at radius 1 is 1.23 bits per heavy atom. The second kappa shape index (κ2) is 6.85. The van der Waals surface area contributed by atoms with Crippen LogP contribution in [0.5, 0.6) is 5.75 Å². The van der Waals surface area contributed by atoms with E-state index < -0.39 is 0 Å². The smallest absolute Gasteiger partial charge is 0.195 e. The molecule has 0 saturated carbocycles. The highest BCUT2D eigenvalue weighted by Crippen LogP contribution is 2.27. The van der Waals surface area contributed by atoms with Gasteiger partial charge in [-0.15, -0.1) is 0 Å². The van der Waals surface area contributed by atoms with E-state index >= 15 is 0 Å². The molecule has 4 N–H and O–H groups in total. The molecule has 0 unspecified atom stereocenters. The molecule has 1 fully saturated rings. The molecule has 5 heteroatoms. The van der Waals surface area contributed by atoms with Gasteiger partial charge in [0.2, 0.25) is 0 Å². The molecule has 22 heavy (non-hydrogen) atoms. The summed E-state index contributed by atoms with van der Waals surface area (Å²) in [4.78, 5) is 3.96. The Hall–Kier alpha value is -1.98. The van der Waals surface area contributed by atoms with Crippen molar-refractivity contribution < 1.29 is 19.8 Å². The highest BCUT2D eigenvalue weighted by molar-refractivity contribution is 5.58. The van der Waals surface area contributed by atoms with Crippen molar-refractivity contribution in [2.75, 3.05) is 44.7 Å². The predicted molar refractivity (Wildman–Crippen MR) is 85.1 cm³/mol. The molecule has 0 radical (unpaired) electrons. The van der Waals surface area contributed by atoms with E-state index in [1.165, 1.54) is 5.69 Å². The van der Waals surface area contributed by atoms with Gasteiger partial charge in [0, 0.05) is 0 Å². The van der Waals surface area contributed by atoms with Gasteiger partial charge in [0.25, 0.3) is 0 Å². The monoisotopic (exact) mass is 303 g/mol. The first-order chi connectivity index (χ1) is 10.8. The number of rotatable bonds is 5. The largest absolute Gasteiger partial charge is 0.495 e. The number of methoxy groups -OCH3 is 1. The molecule has 2 heterocycles. The van der Waals surface area contributed by atoms with Gasteiger partial charge < -0.3 is 24.7 Å². The number of nitrogens with zero attached hydrogens (tertiary/aromatic N) is 1. The Bertz CT molecular complexity index is 577. The van der Waals surface area contributed by atoms with E-state index in [1.807, 2.05) is 18.2 Å². The number of nitrogens with one attached hydrogen (secondary N) is 1. The zero-order chi connectivity index (χ0) is 15.4. The van der Waals surface area contributed by atoms with Crippen LogP contribution >= 0.6 is 0 Å². The number of furan rings is 1. The van der Waals surface area contributed by atoms with Crippen LogP contribution in [0.25, 0.3) is 0 Å². The lowest BCUT2D eigenvalue weighted by Crippen LogP contribution is -3.16. The minimum atomic E-state index is 0.356.